The number of nitrogens with zero attached hydrogens (tertiary/aromatic N) is 3. The minimum absolute atomic E-state index is 0.0732. The number of thiazole rings is 1. The number of furan rings is 1. The molecule has 0 unspecified atom stereocenters. The highest BCUT2D eigenvalue weighted by molar-refractivity contribution is 7.13. The molecule has 0 bridgehead atoms. The molecule has 6 heteroatoms. The summed E-state index contributed by atoms with van der Waals surface area (Å²) in [5.41, 5.74) is 2.95. The molecule has 1 amide bonds. The van der Waals surface area contributed by atoms with Crippen molar-refractivity contribution in [1.29, 1.82) is 0 Å². The van der Waals surface area contributed by atoms with Gasteiger partial charge >= 0.3 is 0 Å². The van der Waals surface area contributed by atoms with Crippen molar-refractivity contribution in [3.63, 3.8) is 0 Å². The summed E-state index contributed by atoms with van der Waals surface area (Å²) in [5.74, 6) is 1.56. The van der Waals surface area contributed by atoms with Crippen LogP contribution in [0.5, 0.6) is 0 Å². The normalized spacial score (nSPS) is 15.3. The van der Waals surface area contributed by atoms with E-state index in [1.807, 2.05) is 43.0 Å². The highest BCUT2D eigenvalue weighted by atomic mass is 32.1. The smallest absolute Gasteiger partial charge is 0.257 e. The Bertz CT molecular complexity index is 924. The molecule has 1 aliphatic heterocycles. The van der Waals surface area contributed by atoms with Crippen LogP contribution in [-0.4, -0.2) is 46.9 Å². The van der Waals surface area contributed by atoms with E-state index in [9.17, 15) is 4.79 Å². The molecule has 0 N–H and O–H groups in total. The molecule has 5 nitrogen and oxygen atoms in total. The molecule has 0 atom stereocenters. The van der Waals surface area contributed by atoms with Crippen LogP contribution in [0.1, 0.15) is 27.6 Å². The Hall–Kier alpha value is -2.44. The van der Waals surface area contributed by atoms with Gasteiger partial charge in [-0.2, -0.15) is 0 Å². The number of rotatable bonds is 4. The van der Waals surface area contributed by atoms with E-state index in [2.05, 4.69) is 22.4 Å². The molecular formula is C21H23N3O2S. The Kier molecular flexibility index (Phi) is 5.09. The molecule has 3 heterocycles. The van der Waals surface area contributed by atoms with Gasteiger partial charge in [-0.3, -0.25) is 9.69 Å². The first kappa shape index (κ1) is 17.9. The van der Waals surface area contributed by atoms with Crippen molar-refractivity contribution in [3.8, 4) is 10.6 Å². The Morgan fingerprint density at radius 3 is 2.56 bits per heavy atom. The minimum Gasteiger partial charge on any atom is -0.466 e. The third kappa shape index (κ3) is 3.96. The fraction of sp³-hybridized carbons (Fsp3) is 0.333. The molecule has 1 saturated heterocycles. The van der Waals surface area contributed by atoms with Crippen LogP contribution in [0.3, 0.4) is 0 Å². The number of hydrogen-bond acceptors (Lipinski definition) is 5. The second-order valence-corrected chi connectivity index (χ2v) is 7.76. The van der Waals surface area contributed by atoms with E-state index in [1.54, 1.807) is 11.3 Å². The van der Waals surface area contributed by atoms with Crippen LogP contribution in [0.4, 0.5) is 0 Å². The Morgan fingerprint density at radius 2 is 1.89 bits per heavy atom. The zero-order valence-electron chi connectivity index (χ0n) is 15.6. The summed E-state index contributed by atoms with van der Waals surface area (Å²) < 4.78 is 5.50. The molecule has 27 heavy (non-hydrogen) atoms. The average Bonchev–Trinajstić information content (AvgIpc) is 3.28. The van der Waals surface area contributed by atoms with Crippen molar-refractivity contribution < 1.29 is 9.21 Å². The monoisotopic (exact) mass is 381 g/mol. The zero-order chi connectivity index (χ0) is 18.8. The molecule has 0 radical (unpaired) electrons. The molecule has 1 aromatic carbocycles. The fourth-order valence-corrected chi connectivity index (χ4v) is 4.26. The summed E-state index contributed by atoms with van der Waals surface area (Å²) in [7, 11) is 0. The van der Waals surface area contributed by atoms with Gasteiger partial charge in [0.25, 0.3) is 5.91 Å². The summed E-state index contributed by atoms with van der Waals surface area (Å²) in [6.45, 7) is 7.74. The maximum Gasteiger partial charge on any atom is 0.257 e. The molecule has 0 spiro atoms. The minimum atomic E-state index is 0.0732. The molecule has 1 aliphatic rings. The number of carbonyl (C=O) groups is 1. The number of benzene rings is 1. The van der Waals surface area contributed by atoms with Crippen LogP contribution in [0.25, 0.3) is 10.6 Å². The van der Waals surface area contributed by atoms with Crippen molar-refractivity contribution in [2.45, 2.75) is 20.4 Å². The molecule has 0 aliphatic carbocycles. The summed E-state index contributed by atoms with van der Waals surface area (Å²) in [6, 6.07) is 12.1. The lowest BCUT2D eigenvalue weighted by Gasteiger charge is -2.34. The van der Waals surface area contributed by atoms with Crippen LogP contribution in [0.15, 0.2) is 46.2 Å². The lowest BCUT2D eigenvalue weighted by atomic mass is 10.2. The predicted octanol–water partition coefficient (Wildman–Crippen LogP) is 3.98. The van der Waals surface area contributed by atoms with E-state index in [4.69, 9.17) is 9.40 Å². The van der Waals surface area contributed by atoms with Crippen molar-refractivity contribution >= 4 is 17.2 Å². The van der Waals surface area contributed by atoms with E-state index in [1.165, 1.54) is 0 Å². The summed E-state index contributed by atoms with van der Waals surface area (Å²) >= 11 is 1.69. The molecule has 1 fully saturated rings. The van der Waals surface area contributed by atoms with E-state index in [-0.39, 0.29) is 5.91 Å². The second-order valence-electron chi connectivity index (χ2n) is 6.91. The molecule has 0 saturated carbocycles. The van der Waals surface area contributed by atoms with Gasteiger partial charge in [-0.1, -0.05) is 30.3 Å². The Labute approximate surface area is 163 Å². The lowest BCUT2D eigenvalue weighted by molar-refractivity contribution is 0.0625. The van der Waals surface area contributed by atoms with Gasteiger partial charge in [0.15, 0.2) is 0 Å². The predicted molar refractivity (Wildman–Crippen MR) is 107 cm³/mol. The van der Waals surface area contributed by atoms with E-state index in [0.29, 0.717) is 11.3 Å². The van der Waals surface area contributed by atoms with E-state index in [0.717, 1.165) is 54.7 Å². The third-order valence-electron chi connectivity index (χ3n) is 4.89. The fourth-order valence-electron chi connectivity index (χ4n) is 3.44. The van der Waals surface area contributed by atoms with Gasteiger partial charge < -0.3 is 9.32 Å². The SMILES string of the molecule is Cc1cc(C(=O)N2CCN(Cc3csc(-c4ccccc4)n3)CC2)c(C)o1. The summed E-state index contributed by atoms with van der Waals surface area (Å²) in [6.07, 6.45) is 0. The average molecular weight is 382 g/mol. The van der Waals surface area contributed by atoms with Gasteiger partial charge in [-0.15, -0.1) is 11.3 Å². The standard InChI is InChI=1S/C21H23N3O2S/c1-15-12-19(16(2)26-15)21(25)24-10-8-23(9-11-24)13-18-14-27-20(22-18)17-6-4-3-5-7-17/h3-7,12,14H,8-11,13H2,1-2H3. The summed E-state index contributed by atoms with van der Waals surface area (Å²) in [4.78, 5) is 21.8. The van der Waals surface area contributed by atoms with Crippen LogP contribution in [0.2, 0.25) is 0 Å². The van der Waals surface area contributed by atoms with Crippen molar-refractivity contribution in [2.24, 2.45) is 0 Å². The Morgan fingerprint density at radius 1 is 1.15 bits per heavy atom. The molecule has 4 rings (SSSR count). The number of hydrogen-bond donors (Lipinski definition) is 0. The number of piperazine rings is 1. The third-order valence-corrected chi connectivity index (χ3v) is 5.83. The number of aryl methyl sites for hydroxylation is 2. The van der Waals surface area contributed by atoms with Crippen molar-refractivity contribution in [2.75, 3.05) is 26.2 Å². The Balaban J connectivity index is 1.34. The van der Waals surface area contributed by atoms with Gasteiger partial charge in [-0.25, -0.2) is 4.98 Å². The first-order valence-corrected chi connectivity index (χ1v) is 10.1. The lowest BCUT2D eigenvalue weighted by Crippen LogP contribution is -2.48. The summed E-state index contributed by atoms with van der Waals surface area (Å²) in [5, 5.41) is 3.20. The van der Waals surface area contributed by atoms with Crippen LogP contribution < -0.4 is 0 Å². The zero-order valence-corrected chi connectivity index (χ0v) is 16.5. The molecular weight excluding hydrogens is 358 g/mol. The highest BCUT2D eigenvalue weighted by Crippen LogP contribution is 2.24. The molecule has 140 valence electrons. The molecule has 2 aromatic heterocycles. The van der Waals surface area contributed by atoms with Gasteiger partial charge in [0.05, 0.1) is 11.3 Å². The van der Waals surface area contributed by atoms with Crippen molar-refractivity contribution in [3.05, 3.63) is 64.6 Å². The topological polar surface area (TPSA) is 49.6 Å². The van der Waals surface area contributed by atoms with Gasteiger partial charge in [0.1, 0.15) is 16.5 Å². The van der Waals surface area contributed by atoms with E-state index >= 15 is 0 Å². The quantitative estimate of drug-likeness (QED) is 0.686. The number of carbonyl (C=O) groups excluding carboxylic acids is 1. The first-order chi connectivity index (χ1) is 13.1. The van der Waals surface area contributed by atoms with Crippen LogP contribution >= 0.6 is 11.3 Å². The highest BCUT2D eigenvalue weighted by Gasteiger charge is 2.25. The number of amides is 1. The largest absolute Gasteiger partial charge is 0.466 e. The van der Waals surface area contributed by atoms with Crippen LogP contribution in [-0.2, 0) is 6.54 Å². The molecule has 3 aromatic rings. The maximum atomic E-state index is 12.7. The van der Waals surface area contributed by atoms with E-state index < -0.39 is 0 Å². The first-order valence-electron chi connectivity index (χ1n) is 9.18. The van der Waals surface area contributed by atoms with Crippen molar-refractivity contribution in [1.82, 2.24) is 14.8 Å². The van der Waals surface area contributed by atoms with Gasteiger partial charge in [0.2, 0.25) is 0 Å². The van der Waals surface area contributed by atoms with Crippen LogP contribution in [0, 0.1) is 13.8 Å². The second kappa shape index (κ2) is 7.66. The van der Waals surface area contributed by atoms with Gasteiger partial charge in [-0.05, 0) is 19.9 Å². The maximum absolute atomic E-state index is 12.7. The van der Waals surface area contributed by atoms with Gasteiger partial charge in [0, 0.05) is 43.7 Å². The number of aromatic nitrogens is 1.